The Labute approximate surface area is 119 Å². The molecule has 2 aromatic carbocycles. The van der Waals surface area contributed by atoms with Gasteiger partial charge in [0.25, 0.3) is 5.89 Å². The van der Waals surface area contributed by atoms with E-state index in [0.717, 1.165) is 16.3 Å². The zero-order chi connectivity index (χ0) is 14.2. The molecule has 102 valence electrons. The molecular formula is C16H10N2O3. The molecular weight excluding hydrogens is 268 g/mol. The summed E-state index contributed by atoms with van der Waals surface area (Å²) in [4.78, 5) is 4.29. The molecule has 0 aliphatic rings. The van der Waals surface area contributed by atoms with Crippen molar-refractivity contribution in [2.24, 2.45) is 0 Å². The van der Waals surface area contributed by atoms with Crippen LogP contribution >= 0.6 is 0 Å². The van der Waals surface area contributed by atoms with Crippen molar-refractivity contribution in [3.8, 4) is 28.6 Å². The maximum Gasteiger partial charge on any atom is 0.262 e. The average Bonchev–Trinajstić information content (AvgIpc) is 3.19. The molecule has 0 radical (unpaired) electrons. The predicted octanol–water partition coefficient (Wildman–Crippen LogP) is 3.86. The lowest BCUT2D eigenvalue weighted by molar-refractivity contribution is 0.426. The molecule has 4 aromatic rings. The van der Waals surface area contributed by atoms with Crippen LogP contribution in [0.5, 0.6) is 5.75 Å². The van der Waals surface area contributed by atoms with E-state index in [1.165, 1.54) is 6.26 Å². The summed E-state index contributed by atoms with van der Waals surface area (Å²) in [6.07, 6.45) is 3.08. The van der Waals surface area contributed by atoms with E-state index in [1.807, 2.05) is 30.3 Å². The SMILES string of the molecule is Oc1c(-c2nc(-c3ccoc3)no2)ccc2ccccc12. The van der Waals surface area contributed by atoms with Crippen LogP contribution in [-0.2, 0) is 0 Å². The van der Waals surface area contributed by atoms with Gasteiger partial charge in [0.05, 0.1) is 17.4 Å². The minimum Gasteiger partial charge on any atom is -0.506 e. The van der Waals surface area contributed by atoms with Gasteiger partial charge in [0.15, 0.2) is 0 Å². The molecule has 0 spiro atoms. The van der Waals surface area contributed by atoms with Crippen LogP contribution in [0.4, 0.5) is 0 Å². The molecule has 1 N–H and O–H groups in total. The topological polar surface area (TPSA) is 72.3 Å². The minimum absolute atomic E-state index is 0.135. The molecule has 0 amide bonds. The van der Waals surface area contributed by atoms with Crippen molar-refractivity contribution in [2.45, 2.75) is 0 Å². The highest BCUT2D eigenvalue weighted by Crippen LogP contribution is 2.35. The summed E-state index contributed by atoms with van der Waals surface area (Å²) in [5, 5.41) is 16.0. The van der Waals surface area contributed by atoms with E-state index in [-0.39, 0.29) is 11.6 Å². The lowest BCUT2D eigenvalue weighted by Crippen LogP contribution is -1.82. The van der Waals surface area contributed by atoms with Gasteiger partial charge >= 0.3 is 0 Å². The second-order valence-corrected chi connectivity index (χ2v) is 4.62. The Bertz CT molecular complexity index is 910. The third kappa shape index (κ3) is 1.87. The van der Waals surface area contributed by atoms with Crippen LogP contribution in [0.2, 0.25) is 0 Å². The van der Waals surface area contributed by atoms with Crippen molar-refractivity contribution in [1.82, 2.24) is 10.1 Å². The van der Waals surface area contributed by atoms with Gasteiger partial charge in [-0.05, 0) is 17.5 Å². The number of aromatic nitrogens is 2. The van der Waals surface area contributed by atoms with E-state index in [4.69, 9.17) is 8.94 Å². The average molecular weight is 278 g/mol. The molecule has 5 nitrogen and oxygen atoms in total. The van der Waals surface area contributed by atoms with Crippen molar-refractivity contribution >= 4 is 10.8 Å². The molecule has 5 heteroatoms. The molecule has 4 rings (SSSR count). The fraction of sp³-hybridized carbons (Fsp3) is 0. The third-order valence-corrected chi connectivity index (χ3v) is 3.34. The predicted molar refractivity (Wildman–Crippen MR) is 76.6 cm³/mol. The van der Waals surface area contributed by atoms with Crippen LogP contribution < -0.4 is 0 Å². The molecule has 0 aliphatic carbocycles. The van der Waals surface area contributed by atoms with Crippen LogP contribution in [0.3, 0.4) is 0 Å². The monoisotopic (exact) mass is 278 g/mol. The van der Waals surface area contributed by atoms with Crippen molar-refractivity contribution in [3.63, 3.8) is 0 Å². The summed E-state index contributed by atoms with van der Waals surface area (Å²) in [5.41, 5.74) is 1.24. The van der Waals surface area contributed by atoms with Gasteiger partial charge in [0.1, 0.15) is 12.0 Å². The van der Waals surface area contributed by atoms with E-state index < -0.39 is 0 Å². The number of furan rings is 1. The second kappa shape index (κ2) is 4.49. The summed E-state index contributed by atoms with van der Waals surface area (Å²) in [6.45, 7) is 0. The summed E-state index contributed by atoms with van der Waals surface area (Å²) < 4.78 is 10.2. The number of hydrogen-bond donors (Lipinski definition) is 1. The molecule has 0 aliphatic heterocycles. The fourth-order valence-electron chi connectivity index (χ4n) is 2.27. The molecule has 21 heavy (non-hydrogen) atoms. The first-order chi connectivity index (χ1) is 10.3. The summed E-state index contributed by atoms with van der Waals surface area (Å²) in [7, 11) is 0. The molecule has 2 heterocycles. The Morgan fingerprint density at radius 1 is 1.00 bits per heavy atom. The first-order valence-corrected chi connectivity index (χ1v) is 6.40. The van der Waals surface area contributed by atoms with Gasteiger partial charge in [-0.2, -0.15) is 4.98 Å². The van der Waals surface area contributed by atoms with Gasteiger partial charge < -0.3 is 14.0 Å². The van der Waals surface area contributed by atoms with Crippen LogP contribution in [0.1, 0.15) is 0 Å². The van der Waals surface area contributed by atoms with Gasteiger partial charge in [0, 0.05) is 5.39 Å². The highest BCUT2D eigenvalue weighted by atomic mass is 16.5. The van der Waals surface area contributed by atoms with E-state index in [0.29, 0.717) is 11.4 Å². The highest BCUT2D eigenvalue weighted by Gasteiger charge is 2.16. The van der Waals surface area contributed by atoms with Gasteiger partial charge in [0.2, 0.25) is 5.82 Å². The van der Waals surface area contributed by atoms with Crippen LogP contribution in [0, 0.1) is 0 Å². The summed E-state index contributed by atoms with van der Waals surface area (Å²) >= 11 is 0. The van der Waals surface area contributed by atoms with Gasteiger partial charge in [-0.3, -0.25) is 0 Å². The number of nitrogens with zero attached hydrogens (tertiary/aromatic N) is 2. The Morgan fingerprint density at radius 3 is 2.76 bits per heavy atom. The zero-order valence-electron chi connectivity index (χ0n) is 10.9. The third-order valence-electron chi connectivity index (χ3n) is 3.34. The lowest BCUT2D eigenvalue weighted by atomic mass is 10.1. The highest BCUT2D eigenvalue weighted by molar-refractivity contribution is 5.93. The normalized spacial score (nSPS) is 11.0. The smallest absolute Gasteiger partial charge is 0.262 e. The van der Waals surface area contributed by atoms with Crippen LogP contribution in [0.25, 0.3) is 33.6 Å². The Balaban J connectivity index is 1.85. The van der Waals surface area contributed by atoms with E-state index >= 15 is 0 Å². The molecule has 0 fully saturated rings. The lowest BCUT2D eigenvalue weighted by Gasteiger charge is -2.04. The van der Waals surface area contributed by atoms with E-state index in [1.54, 1.807) is 18.4 Å². The standard InChI is InChI=1S/C16H10N2O3/c19-14-12-4-2-1-3-10(12)5-6-13(14)16-17-15(18-21-16)11-7-8-20-9-11/h1-9,19H. The number of rotatable bonds is 2. The molecule has 0 atom stereocenters. The number of fused-ring (bicyclic) bond motifs is 1. The van der Waals surface area contributed by atoms with Crippen LogP contribution in [0.15, 0.2) is 63.9 Å². The first kappa shape index (κ1) is 11.7. The maximum absolute atomic E-state index is 10.4. The van der Waals surface area contributed by atoms with Crippen LogP contribution in [-0.4, -0.2) is 15.2 Å². The number of phenolic OH excluding ortho intramolecular Hbond substituents is 1. The first-order valence-electron chi connectivity index (χ1n) is 6.40. The van der Waals surface area contributed by atoms with Gasteiger partial charge in [-0.1, -0.05) is 35.5 Å². The summed E-state index contributed by atoms with van der Waals surface area (Å²) in [5.74, 6) is 0.830. The molecule has 2 aromatic heterocycles. The van der Waals surface area contributed by atoms with Gasteiger partial charge in [-0.15, -0.1) is 0 Å². The molecule has 0 unspecified atom stereocenters. The van der Waals surface area contributed by atoms with Gasteiger partial charge in [-0.25, -0.2) is 0 Å². The Kier molecular flexibility index (Phi) is 2.50. The largest absolute Gasteiger partial charge is 0.506 e. The number of aromatic hydroxyl groups is 1. The second-order valence-electron chi connectivity index (χ2n) is 4.62. The number of benzene rings is 2. The van der Waals surface area contributed by atoms with Crippen molar-refractivity contribution in [2.75, 3.05) is 0 Å². The molecule has 0 saturated carbocycles. The van der Waals surface area contributed by atoms with E-state index in [9.17, 15) is 5.11 Å². The Hall–Kier alpha value is -3.08. The summed E-state index contributed by atoms with van der Waals surface area (Å²) in [6, 6.07) is 13.0. The van der Waals surface area contributed by atoms with Crippen molar-refractivity contribution in [1.29, 1.82) is 0 Å². The van der Waals surface area contributed by atoms with Crippen molar-refractivity contribution in [3.05, 3.63) is 55.0 Å². The quantitative estimate of drug-likeness (QED) is 0.602. The number of phenols is 1. The fourth-order valence-corrected chi connectivity index (χ4v) is 2.27. The minimum atomic E-state index is 0.135. The molecule has 0 saturated heterocycles. The molecule has 0 bridgehead atoms. The number of hydrogen-bond acceptors (Lipinski definition) is 5. The van der Waals surface area contributed by atoms with Crippen molar-refractivity contribution < 1.29 is 14.0 Å². The maximum atomic E-state index is 10.4. The van der Waals surface area contributed by atoms with E-state index in [2.05, 4.69) is 10.1 Å². The zero-order valence-corrected chi connectivity index (χ0v) is 10.9. The Morgan fingerprint density at radius 2 is 1.90 bits per heavy atom.